The molecular formula is C30H29O13+. The Bertz CT molecular complexity index is 1550. The monoisotopic (exact) mass is 597 g/mol. The van der Waals surface area contributed by atoms with Gasteiger partial charge in [-0.15, -0.1) is 0 Å². The third-order valence-electron chi connectivity index (χ3n) is 6.88. The molecule has 0 aliphatic carbocycles. The van der Waals surface area contributed by atoms with Crippen LogP contribution in [-0.4, -0.2) is 88.9 Å². The number of benzene rings is 3. The minimum Gasteiger partial charge on any atom is -0.571 e. The molecule has 6 atom stereocenters. The summed E-state index contributed by atoms with van der Waals surface area (Å²) >= 11 is 0. The Morgan fingerprint density at radius 2 is 1.58 bits per heavy atom. The number of phenolic OH excluding ortho intramolecular Hbond substituents is 5. The molecule has 1 saturated heterocycles. The Labute approximate surface area is 244 Å². The second-order valence-corrected chi connectivity index (χ2v) is 9.91. The van der Waals surface area contributed by atoms with Crippen LogP contribution in [0.5, 0.6) is 34.5 Å². The van der Waals surface area contributed by atoms with Crippen LogP contribution in [0.4, 0.5) is 0 Å². The minimum absolute atomic E-state index is 0.00158. The molecule has 5 rings (SSSR count). The summed E-state index contributed by atoms with van der Waals surface area (Å²) in [5, 5.41) is 80.7. The topological polar surface area (TPSA) is 219 Å². The van der Waals surface area contributed by atoms with Crippen LogP contribution < -0.4 is 0 Å². The molecule has 2 aliphatic rings. The van der Waals surface area contributed by atoms with E-state index in [4.69, 9.17) is 14.2 Å². The number of aromatic hydroxyl groups is 6. The molecule has 226 valence electrons. The number of hydrogen-bond acceptors (Lipinski definition) is 12. The van der Waals surface area contributed by atoms with Gasteiger partial charge in [0.25, 0.3) is 11.9 Å². The first kappa shape index (κ1) is 29.5. The fraction of sp³-hybridized carbons (Fsp3) is 0.233. The van der Waals surface area contributed by atoms with E-state index in [9.17, 15) is 45.6 Å². The Balaban J connectivity index is 1.33. The maximum Gasteiger partial charge on any atom is 0.330 e. The predicted octanol–water partition coefficient (Wildman–Crippen LogP) is 1.63. The Morgan fingerprint density at radius 3 is 2.30 bits per heavy atom. The number of esters is 1. The summed E-state index contributed by atoms with van der Waals surface area (Å²) in [6.45, 7) is -0.539. The first-order valence-electron chi connectivity index (χ1n) is 13.0. The van der Waals surface area contributed by atoms with Gasteiger partial charge in [-0.05, 0) is 48.0 Å². The van der Waals surface area contributed by atoms with E-state index in [-0.39, 0.29) is 45.8 Å². The van der Waals surface area contributed by atoms with Crippen LogP contribution in [0.1, 0.15) is 22.8 Å². The Hall–Kier alpha value is -4.95. The fourth-order valence-electron chi connectivity index (χ4n) is 4.59. The molecule has 0 amide bonds. The SMILES string of the molecule is O=C(C=Cc1ccc(O)c(O)c1)OCC1OC(OC2=Cc3c(O)cc(O)cc3[OH+]C2c2ccc(O)cc2)C(O)C(O)C1O. The first-order chi connectivity index (χ1) is 20.5. The summed E-state index contributed by atoms with van der Waals surface area (Å²) in [4.78, 5) is 12.3. The van der Waals surface area contributed by atoms with Crippen molar-refractivity contribution in [2.75, 3.05) is 6.61 Å². The maximum absolute atomic E-state index is 12.3. The number of ether oxygens (including phenoxy) is 4. The molecule has 3 aromatic carbocycles. The summed E-state index contributed by atoms with van der Waals surface area (Å²) in [5.41, 5.74) is 1.13. The zero-order valence-electron chi connectivity index (χ0n) is 22.3. The standard InChI is InChI=1S/C30H28O13/c31-16-5-3-15(4-6-16)29-23(12-18-20(34)10-17(32)11-22(18)41-29)42-30-28(39)27(38)26(37)24(43-30)13-40-25(36)8-2-14-1-7-19(33)21(35)9-14/h1-12,24,26-35,37-39H,13H2/p+1. The van der Waals surface area contributed by atoms with Crippen LogP contribution in [0.15, 0.2) is 66.4 Å². The molecule has 2 aliphatic heterocycles. The van der Waals surface area contributed by atoms with Gasteiger partial charge in [0.15, 0.2) is 17.3 Å². The lowest BCUT2D eigenvalue weighted by molar-refractivity contribution is -0.296. The van der Waals surface area contributed by atoms with Crippen LogP contribution in [-0.2, 0) is 19.0 Å². The van der Waals surface area contributed by atoms with E-state index in [1.165, 1.54) is 48.6 Å². The van der Waals surface area contributed by atoms with Crippen molar-refractivity contribution >= 4 is 18.1 Å². The van der Waals surface area contributed by atoms with Crippen LogP contribution in [0.25, 0.3) is 12.2 Å². The van der Waals surface area contributed by atoms with Crippen molar-refractivity contribution < 1.29 is 64.6 Å². The van der Waals surface area contributed by atoms with Crippen molar-refractivity contribution in [3.8, 4) is 34.5 Å². The largest absolute Gasteiger partial charge is 0.571 e. The van der Waals surface area contributed by atoms with Gasteiger partial charge in [0.2, 0.25) is 6.29 Å². The smallest absolute Gasteiger partial charge is 0.330 e. The number of hydrogen-bond donors (Lipinski definition) is 8. The highest BCUT2D eigenvalue weighted by Crippen LogP contribution is 2.45. The highest BCUT2D eigenvalue weighted by atomic mass is 16.7. The van der Waals surface area contributed by atoms with E-state index in [2.05, 4.69) is 4.74 Å². The Morgan fingerprint density at radius 1 is 0.837 bits per heavy atom. The van der Waals surface area contributed by atoms with Crippen LogP contribution in [0.2, 0.25) is 0 Å². The molecule has 0 saturated carbocycles. The van der Waals surface area contributed by atoms with Gasteiger partial charge in [-0.25, -0.2) is 4.79 Å². The maximum atomic E-state index is 12.3. The van der Waals surface area contributed by atoms with E-state index < -0.39 is 49.4 Å². The molecule has 2 heterocycles. The van der Waals surface area contributed by atoms with Crippen LogP contribution in [0, 0.1) is 0 Å². The average molecular weight is 598 g/mol. The van der Waals surface area contributed by atoms with E-state index >= 15 is 0 Å². The second kappa shape index (κ2) is 12.1. The quantitative estimate of drug-likeness (QED) is 0.0843. The molecule has 9 N–H and O–H groups in total. The molecule has 0 bridgehead atoms. The molecular weight excluding hydrogens is 568 g/mol. The molecule has 0 spiro atoms. The number of aliphatic hydroxyl groups is 4. The summed E-state index contributed by atoms with van der Waals surface area (Å²) < 4.78 is 21.3. The highest BCUT2D eigenvalue weighted by Gasteiger charge is 2.47. The normalized spacial score (nSPS) is 25.0. The van der Waals surface area contributed by atoms with E-state index in [0.29, 0.717) is 11.1 Å². The number of rotatable bonds is 7. The average Bonchev–Trinajstić information content (AvgIpc) is 2.97. The minimum atomic E-state index is -1.76. The van der Waals surface area contributed by atoms with E-state index in [1.807, 2.05) is 0 Å². The van der Waals surface area contributed by atoms with Gasteiger partial charge in [0, 0.05) is 18.2 Å². The van der Waals surface area contributed by atoms with Gasteiger partial charge in [0.1, 0.15) is 53.8 Å². The van der Waals surface area contributed by atoms with Crippen molar-refractivity contribution in [2.24, 2.45) is 0 Å². The molecule has 13 heteroatoms. The first-order valence-corrected chi connectivity index (χ1v) is 13.0. The summed E-state index contributed by atoms with van der Waals surface area (Å²) in [5.74, 6) is -1.78. The molecule has 13 nitrogen and oxygen atoms in total. The molecule has 1 fully saturated rings. The lowest BCUT2D eigenvalue weighted by atomic mass is 9.98. The third kappa shape index (κ3) is 6.44. The van der Waals surface area contributed by atoms with Gasteiger partial charge in [-0.2, -0.15) is 0 Å². The second-order valence-electron chi connectivity index (χ2n) is 9.91. The molecule has 0 aromatic heterocycles. The van der Waals surface area contributed by atoms with Gasteiger partial charge >= 0.3 is 5.97 Å². The predicted molar refractivity (Wildman–Crippen MR) is 148 cm³/mol. The van der Waals surface area contributed by atoms with Gasteiger partial charge in [-0.1, -0.05) is 6.07 Å². The number of aliphatic hydroxyl groups excluding tert-OH is 3. The van der Waals surface area contributed by atoms with Crippen molar-refractivity contribution in [2.45, 2.75) is 36.8 Å². The fourth-order valence-corrected chi connectivity index (χ4v) is 4.59. The van der Waals surface area contributed by atoms with Gasteiger partial charge in [0.05, 0.1) is 11.6 Å². The Kier molecular flexibility index (Phi) is 8.32. The zero-order valence-corrected chi connectivity index (χ0v) is 22.3. The molecule has 3 aromatic rings. The summed E-state index contributed by atoms with van der Waals surface area (Å²) in [7, 11) is 0. The number of fused-ring (bicyclic) bond motifs is 1. The number of carbonyl (C=O) groups excluding carboxylic acids is 1. The van der Waals surface area contributed by atoms with Gasteiger partial charge in [-0.3, -0.25) is 0 Å². The van der Waals surface area contributed by atoms with E-state index in [0.717, 1.165) is 12.1 Å². The number of phenols is 5. The summed E-state index contributed by atoms with van der Waals surface area (Å²) in [6.07, 6.45) is -5.20. The number of carbonyl (C=O) groups is 1. The summed E-state index contributed by atoms with van der Waals surface area (Å²) in [6, 6.07) is 12.4. The van der Waals surface area contributed by atoms with Crippen molar-refractivity contribution in [3.63, 3.8) is 0 Å². The van der Waals surface area contributed by atoms with Crippen molar-refractivity contribution in [1.82, 2.24) is 0 Å². The lowest BCUT2D eigenvalue weighted by Gasteiger charge is -2.40. The zero-order chi connectivity index (χ0) is 30.8. The van der Waals surface area contributed by atoms with E-state index in [1.54, 1.807) is 12.1 Å². The highest BCUT2D eigenvalue weighted by molar-refractivity contribution is 5.87. The third-order valence-corrected chi connectivity index (χ3v) is 6.88. The van der Waals surface area contributed by atoms with Crippen molar-refractivity contribution in [3.05, 3.63) is 83.1 Å². The molecule has 0 radical (unpaired) electrons. The van der Waals surface area contributed by atoms with Crippen LogP contribution >= 0.6 is 0 Å². The van der Waals surface area contributed by atoms with Gasteiger partial charge < -0.3 is 59.8 Å². The molecule has 43 heavy (non-hydrogen) atoms. The molecule has 6 unspecified atom stereocenters. The van der Waals surface area contributed by atoms with Crippen molar-refractivity contribution in [1.29, 1.82) is 0 Å². The van der Waals surface area contributed by atoms with Crippen LogP contribution in [0.3, 0.4) is 0 Å². The lowest BCUT2D eigenvalue weighted by Crippen LogP contribution is -2.59.